The first-order valence-electron chi connectivity index (χ1n) is 15.1. The zero-order valence-electron chi connectivity index (χ0n) is 23.7. The molecule has 206 valence electrons. The number of hydrogen-bond acceptors (Lipinski definition) is 5. The molecule has 6 heteroatoms. The smallest absolute Gasteiger partial charge is 0.374 e. The molecule has 34 heavy (non-hydrogen) atoms. The molecule has 0 radical (unpaired) electrons. The van der Waals surface area contributed by atoms with E-state index in [2.05, 4.69) is 17.6 Å². The van der Waals surface area contributed by atoms with E-state index in [0.29, 0.717) is 19.8 Å². The average molecular weight is 503 g/mol. The lowest BCUT2D eigenvalue weighted by atomic mass is 10.0. The molecule has 0 aliphatic rings. The van der Waals surface area contributed by atoms with Gasteiger partial charge in [0.05, 0.1) is 0 Å². The predicted octanol–water partition coefficient (Wildman–Crippen LogP) is 7.48. The maximum Gasteiger partial charge on any atom is 0.500 e. The van der Waals surface area contributed by atoms with Gasteiger partial charge in [0.1, 0.15) is 0 Å². The minimum Gasteiger partial charge on any atom is -0.374 e. The van der Waals surface area contributed by atoms with E-state index in [9.17, 15) is 0 Å². The summed E-state index contributed by atoms with van der Waals surface area (Å²) in [5.74, 6) is 0. The van der Waals surface area contributed by atoms with E-state index in [1.165, 1.54) is 96.3 Å². The fourth-order valence-electron chi connectivity index (χ4n) is 4.48. The SMILES string of the molecule is CCCCCCCCCCCCCCCCCNCCNCCC[Si](OCC)(OCC)OCC. The first kappa shape index (κ1) is 34.0. The van der Waals surface area contributed by atoms with E-state index in [-0.39, 0.29) is 0 Å². The molecule has 0 amide bonds. The van der Waals surface area contributed by atoms with Crippen molar-refractivity contribution in [3.05, 3.63) is 0 Å². The van der Waals surface area contributed by atoms with Crippen LogP contribution in [0.2, 0.25) is 6.04 Å². The Morgan fingerprint density at radius 3 is 1.15 bits per heavy atom. The monoisotopic (exact) mass is 502 g/mol. The quantitative estimate of drug-likeness (QED) is 0.0820. The normalized spacial score (nSPS) is 12.0. The molecule has 0 fully saturated rings. The van der Waals surface area contributed by atoms with Crippen LogP contribution in [0.15, 0.2) is 0 Å². The summed E-state index contributed by atoms with van der Waals surface area (Å²) < 4.78 is 17.7. The third kappa shape index (κ3) is 22.5. The number of nitrogens with one attached hydrogen (secondary N) is 2. The van der Waals surface area contributed by atoms with Crippen LogP contribution in [0.3, 0.4) is 0 Å². The van der Waals surface area contributed by atoms with Crippen LogP contribution in [0.1, 0.15) is 130 Å². The first-order chi connectivity index (χ1) is 16.7. The van der Waals surface area contributed by atoms with Crippen LogP contribution in [0, 0.1) is 0 Å². The van der Waals surface area contributed by atoms with Crippen molar-refractivity contribution in [2.45, 2.75) is 136 Å². The maximum absolute atomic E-state index is 5.91. The second kappa shape index (κ2) is 27.6. The van der Waals surface area contributed by atoms with Crippen molar-refractivity contribution in [1.82, 2.24) is 10.6 Å². The molecular formula is C28H62N2O3Si. The van der Waals surface area contributed by atoms with Crippen LogP contribution in [0.5, 0.6) is 0 Å². The summed E-state index contributed by atoms with van der Waals surface area (Å²) in [6, 6.07) is 0.891. The van der Waals surface area contributed by atoms with Gasteiger partial charge in [0.2, 0.25) is 0 Å². The molecule has 0 aliphatic heterocycles. The summed E-state index contributed by atoms with van der Waals surface area (Å²) in [4.78, 5) is 0. The summed E-state index contributed by atoms with van der Waals surface area (Å²) in [6.07, 6.45) is 22.4. The summed E-state index contributed by atoms with van der Waals surface area (Å²) in [6.45, 7) is 14.5. The Morgan fingerprint density at radius 2 is 0.765 bits per heavy atom. The van der Waals surface area contributed by atoms with Crippen molar-refractivity contribution in [3.63, 3.8) is 0 Å². The molecule has 0 rings (SSSR count). The second-order valence-corrected chi connectivity index (χ2v) is 12.3. The van der Waals surface area contributed by atoms with Crippen LogP contribution >= 0.6 is 0 Å². The van der Waals surface area contributed by atoms with Gasteiger partial charge in [0.25, 0.3) is 0 Å². The van der Waals surface area contributed by atoms with Gasteiger partial charge in [0, 0.05) is 39.0 Å². The van der Waals surface area contributed by atoms with Crippen LogP contribution in [-0.2, 0) is 13.3 Å². The maximum atomic E-state index is 5.91. The molecule has 0 unspecified atom stereocenters. The zero-order chi connectivity index (χ0) is 25.0. The summed E-state index contributed by atoms with van der Waals surface area (Å²) in [5, 5.41) is 7.10. The number of rotatable bonds is 29. The van der Waals surface area contributed by atoms with Crippen molar-refractivity contribution in [1.29, 1.82) is 0 Å². The third-order valence-electron chi connectivity index (χ3n) is 6.36. The highest BCUT2D eigenvalue weighted by Crippen LogP contribution is 2.18. The van der Waals surface area contributed by atoms with Crippen molar-refractivity contribution in [2.24, 2.45) is 0 Å². The van der Waals surface area contributed by atoms with Gasteiger partial charge in [-0.2, -0.15) is 0 Å². The Labute approximate surface area is 215 Å². The molecule has 0 spiro atoms. The molecule has 0 saturated heterocycles. The molecular weight excluding hydrogens is 440 g/mol. The Morgan fingerprint density at radius 1 is 0.412 bits per heavy atom. The molecule has 0 atom stereocenters. The van der Waals surface area contributed by atoms with Gasteiger partial charge in [0.15, 0.2) is 0 Å². The zero-order valence-corrected chi connectivity index (χ0v) is 24.7. The fraction of sp³-hybridized carbons (Fsp3) is 1.00. The Kier molecular flexibility index (Phi) is 27.6. The largest absolute Gasteiger partial charge is 0.500 e. The third-order valence-corrected chi connectivity index (χ3v) is 9.52. The molecule has 0 heterocycles. The van der Waals surface area contributed by atoms with Gasteiger partial charge in [-0.3, -0.25) is 0 Å². The molecule has 5 nitrogen and oxygen atoms in total. The highest BCUT2D eigenvalue weighted by molar-refractivity contribution is 6.60. The van der Waals surface area contributed by atoms with E-state index < -0.39 is 8.80 Å². The van der Waals surface area contributed by atoms with Gasteiger partial charge in [-0.05, 0) is 46.7 Å². The average Bonchev–Trinajstić information content (AvgIpc) is 2.83. The van der Waals surface area contributed by atoms with Crippen molar-refractivity contribution in [2.75, 3.05) is 46.0 Å². The Bertz CT molecular complexity index is 372. The minimum absolute atomic E-state index is 0.656. The van der Waals surface area contributed by atoms with Crippen LogP contribution in [-0.4, -0.2) is 54.8 Å². The van der Waals surface area contributed by atoms with Gasteiger partial charge in [-0.25, -0.2) is 0 Å². The van der Waals surface area contributed by atoms with E-state index >= 15 is 0 Å². The van der Waals surface area contributed by atoms with Gasteiger partial charge in [-0.1, -0.05) is 96.8 Å². The van der Waals surface area contributed by atoms with Crippen molar-refractivity contribution in [3.8, 4) is 0 Å². The fourth-order valence-corrected chi connectivity index (χ4v) is 7.09. The standard InChI is InChI=1S/C28H62N2O3Si/c1-5-9-10-11-12-13-14-15-16-17-18-19-20-21-22-24-29-26-27-30-25-23-28-34(31-6-2,32-7-3)33-8-4/h29-30H,5-28H2,1-4H3. The van der Waals surface area contributed by atoms with Crippen molar-refractivity contribution < 1.29 is 13.3 Å². The highest BCUT2D eigenvalue weighted by atomic mass is 28.4. The lowest BCUT2D eigenvalue weighted by Gasteiger charge is -2.28. The van der Waals surface area contributed by atoms with Gasteiger partial charge >= 0.3 is 8.80 Å². The number of unbranched alkanes of at least 4 members (excludes halogenated alkanes) is 14. The lowest BCUT2D eigenvalue weighted by molar-refractivity contribution is 0.0708. The van der Waals surface area contributed by atoms with Crippen molar-refractivity contribution >= 4 is 8.80 Å². The molecule has 0 saturated carbocycles. The molecule has 2 N–H and O–H groups in total. The lowest BCUT2D eigenvalue weighted by Crippen LogP contribution is -2.46. The summed E-state index contributed by atoms with van der Waals surface area (Å²) in [5.41, 5.74) is 0. The van der Waals surface area contributed by atoms with E-state index in [4.69, 9.17) is 13.3 Å². The molecule has 0 aromatic carbocycles. The minimum atomic E-state index is -2.47. The molecule has 0 aliphatic carbocycles. The molecule has 0 aromatic heterocycles. The second-order valence-electron chi connectivity index (χ2n) is 9.54. The predicted molar refractivity (Wildman–Crippen MR) is 151 cm³/mol. The molecule has 0 bridgehead atoms. The van der Waals surface area contributed by atoms with Crippen LogP contribution < -0.4 is 10.6 Å². The summed E-state index contributed by atoms with van der Waals surface area (Å²) >= 11 is 0. The highest BCUT2D eigenvalue weighted by Gasteiger charge is 2.39. The molecule has 0 aromatic rings. The van der Waals surface area contributed by atoms with E-state index in [1.54, 1.807) is 0 Å². The van der Waals surface area contributed by atoms with E-state index in [1.807, 2.05) is 20.8 Å². The van der Waals surface area contributed by atoms with Crippen LogP contribution in [0.25, 0.3) is 0 Å². The Balaban J connectivity index is 3.33. The topological polar surface area (TPSA) is 51.8 Å². The first-order valence-corrected chi connectivity index (χ1v) is 17.0. The summed E-state index contributed by atoms with van der Waals surface area (Å²) in [7, 11) is -2.47. The van der Waals surface area contributed by atoms with Gasteiger partial charge in [-0.15, -0.1) is 0 Å². The van der Waals surface area contributed by atoms with Gasteiger partial charge < -0.3 is 23.9 Å². The Hall–Kier alpha value is 0.0169. The van der Waals surface area contributed by atoms with E-state index in [0.717, 1.165) is 38.6 Å². The van der Waals surface area contributed by atoms with Crippen LogP contribution in [0.4, 0.5) is 0 Å². The number of hydrogen-bond donors (Lipinski definition) is 2.